The van der Waals surface area contributed by atoms with Crippen LogP contribution < -0.4 is 20.4 Å². The lowest BCUT2D eigenvalue weighted by molar-refractivity contribution is -0.117. The van der Waals surface area contributed by atoms with Gasteiger partial charge in [-0.15, -0.1) is 0 Å². The Balaban J connectivity index is 1.14. The summed E-state index contributed by atoms with van der Waals surface area (Å²) >= 11 is 0. The molecule has 1 spiro atoms. The number of aromatic nitrogens is 1. The van der Waals surface area contributed by atoms with Crippen LogP contribution in [0.15, 0.2) is 72.9 Å². The van der Waals surface area contributed by atoms with Gasteiger partial charge in [-0.1, -0.05) is 30.3 Å². The first-order valence-electron chi connectivity index (χ1n) is 14.8. The van der Waals surface area contributed by atoms with E-state index in [4.69, 9.17) is 10.00 Å². The fourth-order valence-corrected chi connectivity index (χ4v) is 6.46. The van der Waals surface area contributed by atoms with Gasteiger partial charge in [-0.3, -0.25) is 4.90 Å². The van der Waals surface area contributed by atoms with Crippen molar-refractivity contribution >= 4 is 23.2 Å². The largest absolute Gasteiger partial charge is 0.380 e. The van der Waals surface area contributed by atoms with Crippen LogP contribution in [0.5, 0.6) is 0 Å². The number of rotatable bonds is 7. The van der Waals surface area contributed by atoms with Crippen LogP contribution in [-0.2, 0) is 11.3 Å². The van der Waals surface area contributed by atoms with Crippen LogP contribution in [0.25, 0.3) is 0 Å². The minimum Gasteiger partial charge on any atom is -0.380 e. The number of nitrogens with zero attached hydrogens (tertiary/aromatic N) is 4. The highest BCUT2D eigenvalue weighted by Crippen LogP contribution is 2.39. The van der Waals surface area contributed by atoms with E-state index in [1.165, 1.54) is 18.5 Å². The Morgan fingerprint density at radius 2 is 1.83 bits per heavy atom. The van der Waals surface area contributed by atoms with Crippen LogP contribution in [0.2, 0.25) is 0 Å². The smallest absolute Gasteiger partial charge is 0.322 e. The molecule has 6 rings (SSSR count). The molecule has 2 aromatic carbocycles. The molecule has 2 aliphatic heterocycles. The molecule has 3 heterocycles. The van der Waals surface area contributed by atoms with E-state index in [-0.39, 0.29) is 18.1 Å². The first-order valence-corrected chi connectivity index (χ1v) is 14.8. The molecule has 8 nitrogen and oxygen atoms in total. The number of nitrogens with one attached hydrogen (secondary N) is 2. The van der Waals surface area contributed by atoms with Gasteiger partial charge in [-0.2, -0.15) is 5.26 Å². The Labute approximate surface area is 242 Å². The summed E-state index contributed by atoms with van der Waals surface area (Å²) in [7, 11) is 0. The van der Waals surface area contributed by atoms with E-state index in [1.807, 2.05) is 41.3 Å². The van der Waals surface area contributed by atoms with E-state index in [1.54, 1.807) is 12.3 Å². The molecule has 8 heteroatoms. The summed E-state index contributed by atoms with van der Waals surface area (Å²) in [6, 6.07) is 24.7. The lowest BCUT2D eigenvalue weighted by atomic mass is 9.78. The Morgan fingerprint density at radius 1 is 1.05 bits per heavy atom. The molecule has 212 valence electrons. The maximum Gasteiger partial charge on any atom is 0.322 e. The molecule has 3 fully saturated rings. The fourth-order valence-electron chi connectivity index (χ4n) is 6.46. The first kappa shape index (κ1) is 27.1. The number of carbonyl (C=O) groups excluding carboxylic acids is 1. The molecule has 41 heavy (non-hydrogen) atoms. The number of ether oxygens (including phenoxy) is 1. The zero-order chi connectivity index (χ0) is 28.1. The summed E-state index contributed by atoms with van der Waals surface area (Å²) < 4.78 is 5.55. The molecule has 1 aliphatic carbocycles. The van der Waals surface area contributed by atoms with Crippen LogP contribution in [0.1, 0.15) is 49.7 Å². The summed E-state index contributed by atoms with van der Waals surface area (Å²) in [5.74, 6) is 0.786. The van der Waals surface area contributed by atoms with Crippen molar-refractivity contribution in [2.24, 2.45) is 5.41 Å². The topological polar surface area (TPSA) is 93.5 Å². The van der Waals surface area contributed by atoms with Crippen LogP contribution in [-0.4, -0.2) is 49.4 Å². The molecular formula is C33H38N6O2. The summed E-state index contributed by atoms with van der Waals surface area (Å²) in [5.41, 5.74) is 4.10. The minimum absolute atomic E-state index is 0.0599. The van der Waals surface area contributed by atoms with E-state index in [0.717, 1.165) is 69.1 Å². The normalized spacial score (nSPS) is 21.4. The van der Waals surface area contributed by atoms with Crippen LogP contribution in [0, 0.1) is 16.7 Å². The maximum atomic E-state index is 13.7. The highest BCUT2D eigenvalue weighted by molar-refractivity contribution is 5.92. The summed E-state index contributed by atoms with van der Waals surface area (Å²) in [6.45, 7) is 4.34. The van der Waals surface area contributed by atoms with E-state index < -0.39 is 0 Å². The van der Waals surface area contributed by atoms with Gasteiger partial charge in [-0.25, -0.2) is 9.78 Å². The van der Waals surface area contributed by atoms with Crippen LogP contribution in [0.4, 0.5) is 22.0 Å². The van der Waals surface area contributed by atoms with Crippen molar-refractivity contribution in [1.29, 1.82) is 5.26 Å². The molecule has 1 aromatic heterocycles. The number of pyridine rings is 1. The number of piperidine rings is 1. The second kappa shape index (κ2) is 12.2. The summed E-state index contributed by atoms with van der Waals surface area (Å²) in [4.78, 5) is 22.5. The van der Waals surface area contributed by atoms with E-state index in [9.17, 15) is 4.79 Å². The van der Waals surface area contributed by atoms with Crippen molar-refractivity contribution < 1.29 is 9.53 Å². The standard InChI is InChI=1S/C33H38N6O2/c34-19-26-7-16-31(35-21-26)37-27-8-10-29(11-9-27)39(32(40)36-20-25-5-2-1-3-6-25)30-14-12-28(13-15-30)38-18-4-17-33(22-38)23-41-24-33/h1-3,5-7,12-16,21,27,29H,4,8-11,17-18,20,22-24H2,(H,35,37)(H,36,40). The maximum absolute atomic E-state index is 13.7. The molecule has 0 bridgehead atoms. The van der Waals surface area contributed by atoms with Crippen LogP contribution in [0.3, 0.4) is 0 Å². The second-order valence-corrected chi connectivity index (χ2v) is 11.7. The van der Waals surface area contributed by atoms with Crippen molar-refractivity contribution in [2.45, 2.75) is 57.2 Å². The molecule has 0 radical (unpaired) electrons. The first-order chi connectivity index (χ1) is 20.1. The molecule has 0 unspecified atom stereocenters. The molecule has 3 aliphatic rings. The van der Waals surface area contributed by atoms with Gasteiger partial charge in [0, 0.05) is 54.7 Å². The number of hydrogen-bond acceptors (Lipinski definition) is 6. The molecule has 3 aromatic rings. The van der Waals surface area contributed by atoms with Gasteiger partial charge in [0.25, 0.3) is 0 Å². The Bertz CT molecular complexity index is 1340. The number of hydrogen-bond donors (Lipinski definition) is 2. The van der Waals surface area contributed by atoms with Crippen LogP contribution >= 0.6 is 0 Å². The van der Waals surface area contributed by atoms with E-state index in [0.29, 0.717) is 17.5 Å². The third-order valence-electron chi connectivity index (χ3n) is 8.78. The Hall–Kier alpha value is -4.09. The zero-order valence-corrected chi connectivity index (χ0v) is 23.5. The van der Waals surface area contributed by atoms with Gasteiger partial charge >= 0.3 is 6.03 Å². The van der Waals surface area contributed by atoms with Gasteiger partial charge < -0.3 is 20.3 Å². The average Bonchev–Trinajstić information content (AvgIpc) is 3.01. The highest BCUT2D eigenvalue weighted by atomic mass is 16.5. The molecular weight excluding hydrogens is 512 g/mol. The number of benzene rings is 2. The van der Waals surface area contributed by atoms with E-state index in [2.05, 4.69) is 50.9 Å². The van der Waals surface area contributed by atoms with Crippen molar-refractivity contribution in [3.63, 3.8) is 0 Å². The quantitative estimate of drug-likeness (QED) is 0.392. The lowest BCUT2D eigenvalue weighted by Gasteiger charge is -2.49. The van der Waals surface area contributed by atoms with Crippen molar-refractivity contribution in [3.05, 3.63) is 84.1 Å². The molecule has 2 N–H and O–H groups in total. The van der Waals surface area contributed by atoms with Gasteiger partial charge in [0.05, 0.1) is 18.8 Å². The fraction of sp³-hybridized carbons (Fsp3) is 0.424. The van der Waals surface area contributed by atoms with E-state index >= 15 is 0 Å². The number of nitriles is 1. The number of urea groups is 1. The SMILES string of the molecule is N#Cc1ccc(NC2CCC(N(C(=O)NCc3ccccc3)c3ccc(N4CCCC5(COC5)C4)cc3)CC2)nc1. The predicted molar refractivity (Wildman–Crippen MR) is 161 cm³/mol. The minimum atomic E-state index is -0.0599. The highest BCUT2D eigenvalue weighted by Gasteiger charge is 2.42. The Kier molecular flexibility index (Phi) is 8.06. The van der Waals surface area contributed by atoms with Crippen molar-refractivity contribution in [2.75, 3.05) is 41.4 Å². The third-order valence-corrected chi connectivity index (χ3v) is 8.78. The Morgan fingerprint density at radius 3 is 2.49 bits per heavy atom. The third kappa shape index (κ3) is 6.31. The van der Waals surface area contributed by atoms with Crippen molar-refractivity contribution in [3.8, 4) is 6.07 Å². The van der Waals surface area contributed by atoms with Gasteiger partial charge in [0.1, 0.15) is 11.9 Å². The second-order valence-electron chi connectivity index (χ2n) is 11.7. The summed E-state index contributed by atoms with van der Waals surface area (Å²) in [5, 5.41) is 15.7. The van der Waals surface area contributed by atoms with Crippen molar-refractivity contribution in [1.82, 2.24) is 10.3 Å². The number of anilines is 3. The number of carbonyl (C=O) groups is 1. The number of amides is 2. The molecule has 0 atom stereocenters. The van der Waals surface area contributed by atoms with Gasteiger partial charge in [0.15, 0.2) is 0 Å². The molecule has 1 saturated carbocycles. The predicted octanol–water partition coefficient (Wildman–Crippen LogP) is 5.71. The monoisotopic (exact) mass is 550 g/mol. The molecule has 2 saturated heterocycles. The van der Waals surface area contributed by atoms with Gasteiger partial charge in [-0.05, 0) is 80.5 Å². The summed E-state index contributed by atoms with van der Waals surface area (Å²) in [6.07, 6.45) is 7.69. The zero-order valence-electron chi connectivity index (χ0n) is 23.5. The average molecular weight is 551 g/mol. The molecule has 2 amide bonds. The van der Waals surface area contributed by atoms with Gasteiger partial charge in [0.2, 0.25) is 0 Å². The lowest BCUT2D eigenvalue weighted by Crippen LogP contribution is -2.54.